The zero-order valence-electron chi connectivity index (χ0n) is 25.6. The smallest absolute Gasteiger partial charge is 0.150 e. The molecule has 6 aromatic carbocycles. The number of carbonyl (C=O) groups is 2. The number of rotatable bonds is 2. The van der Waals surface area contributed by atoms with Crippen LogP contribution in [0.15, 0.2) is 133 Å². The quantitative estimate of drug-likeness (QED) is 0.188. The molecule has 1 aliphatic carbocycles. The highest BCUT2D eigenvalue weighted by molar-refractivity contribution is 6.04. The summed E-state index contributed by atoms with van der Waals surface area (Å²) >= 11 is 0. The second kappa shape index (κ2) is 9.38. The van der Waals surface area contributed by atoms with Crippen LogP contribution in [0.1, 0.15) is 54.1 Å². The number of hydrogen-bond donors (Lipinski definition) is 0. The Bertz CT molecular complexity index is 2010. The van der Waals surface area contributed by atoms with Gasteiger partial charge in [0.05, 0.1) is 10.8 Å². The van der Waals surface area contributed by atoms with Gasteiger partial charge in [-0.15, -0.1) is 0 Å². The number of benzene rings is 6. The lowest BCUT2D eigenvalue weighted by molar-refractivity contribution is 0.111. The first-order valence-corrected chi connectivity index (χ1v) is 15.6. The Balaban J connectivity index is 1.67. The molecule has 0 unspecified atom stereocenters. The minimum absolute atomic E-state index is 0.575. The molecule has 2 heterocycles. The van der Waals surface area contributed by atoms with Crippen molar-refractivity contribution in [3.8, 4) is 11.1 Å². The van der Waals surface area contributed by atoms with Crippen LogP contribution in [-0.4, -0.2) is 26.7 Å². The summed E-state index contributed by atoms with van der Waals surface area (Å²) in [6.45, 7) is 0. The van der Waals surface area contributed by atoms with Crippen molar-refractivity contribution in [3.63, 3.8) is 0 Å². The first kappa shape index (κ1) is 26.6. The molecule has 0 aromatic heterocycles. The van der Waals surface area contributed by atoms with E-state index in [-0.39, 0.29) is 0 Å². The van der Waals surface area contributed by atoms with Crippen LogP contribution in [-0.2, 0) is 10.8 Å². The van der Waals surface area contributed by atoms with E-state index in [1.807, 2.05) is 24.3 Å². The van der Waals surface area contributed by atoms with Gasteiger partial charge in [0.2, 0.25) is 0 Å². The summed E-state index contributed by atoms with van der Waals surface area (Å²) in [6, 6.07) is 46.9. The molecule has 6 aromatic rings. The Kier molecular flexibility index (Phi) is 5.44. The van der Waals surface area contributed by atoms with Crippen LogP contribution < -0.4 is 9.80 Å². The van der Waals surface area contributed by atoms with E-state index in [1.165, 1.54) is 0 Å². The van der Waals surface area contributed by atoms with Gasteiger partial charge in [-0.2, -0.15) is 0 Å². The highest BCUT2D eigenvalue weighted by atomic mass is 16.1. The third-order valence-electron chi connectivity index (χ3n) is 10.7. The normalized spacial score (nSPS) is 15.6. The number of para-hydroxylation sites is 4. The Morgan fingerprint density at radius 1 is 0.391 bits per heavy atom. The standard InChI is InChI=1S/C42H30N2O2/c1-43-35-21-7-3-15-29(35)41(30-16-4-8-22-36(30)43)33-19-11-13-27(25-45)39(33)40-28(26-46)14-12-20-34(40)42(41)31-17-5-9-23-37(31)44(2)38-24-10-6-18-32(38)42/h3-26H,1-2H3. The van der Waals surface area contributed by atoms with Crippen LogP contribution in [0.25, 0.3) is 11.1 Å². The van der Waals surface area contributed by atoms with Gasteiger partial charge >= 0.3 is 0 Å². The minimum Gasteiger partial charge on any atom is -0.344 e. The first-order chi connectivity index (χ1) is 22.6. The fourth-order valence-electron chi connectivity index (χ4n) is 9.19. The molecule has 0 fully saturated rings. The van der Waals surface area contributed by atoms with E-state index in [0.717, 1.165) is 79.8 Å². The lowest BCUT2D eigenvalue weighted by atomic mass is 9.41. The molecule has 0 saturated carbocycles. The summed E-state index contributed by atoms with van der Waals surface area (Å²) < 4.78 is 0. The molecule has 0 N–H and O–H groups in total. The molecular formula is C42H30N2O2. The number of nitrogens with zero attached hydrogens (tertiary/aromatic N) is 2. The Morgan fingerprint density at radius 2 is 0.674 bits per heavy atom. The van der Waals surface area contributed by atoms with E-state index in [2.05, 4.69) is 133 Å². The van der Waals surface area contributed by atoms with Gasteiger partial charge in [0.25, 0.3) is 0 Å². The summed E-state index contributed by atoms with van der Waals surface area (Å²) in [7, 11) is 4.27. The predicted octanol–water partition coefficient (Wildman–Crippen LogP) is 8.82. The minimum atomic E-state index is -0.844. The van der Waals surface area contributed by atoms with E-state index >= 15 is 0 Å². The Hall–Kier alpha value is -5.74. The second-order valence-corrected chi connectivity index (χ2v) is 12.5. The highest BCUT2D eigenvalue weighted by Crippen LogP contribution is 2.72. The largest absolute Gasteiger partial charge is 0.344 e. The number of aldehydes is 2. The van der Waals surface area contributed by atoms with Crippen molar-refractivity contribution in [1.29, 1.82) is 0 Å². The van der Waals surface area contributed by atoms with Crippen molar-refractivity contribution in [2.75, 3.05) is 23.9 Å². The van der Waals surface area contributed by atoms with Crippen LogP contribution in [0.2, 0.25) is 0 Å². The third kappa shape index (κ3) is 2.90. The molecule has 46 heavy (non-hydrogen) atoms. The van der Waals surface area contributed by atoms with E-state index < -0.39 is 10.8 Å². The molecule has 0 bridgehead atoms. The zero-order valence-corrected chi connectivity index (χ0v) is 25.6. The van der Waals surface area contributed by atoms with Gasteiger partial charge in [0, 0.05) is 48.0 Å². The first-order valence-electron chi connectivity index (χ1n) is 15.6. The average Bonchev–Trinajstić information content (AvgIpc) is 3.12. The van der Waals surface area contributed by atoms with Crippen molar-refractivity contribution in [3.05, 3.63) is 178 Å². The van der Waals surface area contributed by atoms with Gasteiger partial charge in [-0.05, 0) is 68.8 Å². The lowest BCUT2D eigenvalue weighted by Crippen LogP contribution is -2.58. The topological polar surface area (TPSA) is 40.6 Å². The fraction of sp³-hybridized carbons (Fsp3) is 0.0952. The molecule has 220 valence electrons. The van der Waals surface area contributed by atoms with Crippen LogP contribution in [0.5, 0.6) is 0 Å². The molecule has 0 atom stereocenters. The van der Waals surface area contributed by atoms with Crippen molar-refractivity contribution in [2.45, 2.75) is 10.8 Å². The van der Waals surface area contributed by atoms with Gasteiger partial charge in [-0.25, -0.2) is 0 Å². The molecule has 0 radical (unpaired) electrons. The summed E-state index contributed by atoms with van der Waals surface area (Å²) in [6.07, 6.45) is 1.89. The maximum absolute atomic E-state index is 13.0. The summed E-state index contributed by atoms with van der Waals surface area (Å²) in [5.74, 6) is 0. The molecule has 2 aliphatic heterocycles. The average molecular weight is 595 g/mol. The summed E-state index contributed by atoms with van der Waals surface area (Å²) in [5, 5.41) is 0. The van der Waals surface area contributed by atoms with E-state index in [4.69, 9.17) is 0 Å². The third-order valence-corrected chi connectivity index (χ3v) is 10.7. The number of anilines is 4. The van der Waals surface area contributed by atoms with Crippen molar-refractivity contribution in [2.24, 2.45) is 0 Å². The van der Waals surface area contributed by atoms with Gasteiger partial charge in [-0.1, -0.05) is 109 Å². The molecule has 9 rings (SSSR count). The highest BCUT2D eigenvalue weighted by Gasteiger charge is 2.66. The number of fused-ring (bicyclic) bond motifs is 14. The molecule has 3 aliphatic rings. The number of hydrogen-bond acceptors (Lipinski definition) is 4. The summed E-state index contributed by atoms with van der Waals surface area (Å²) in [4.78, 5) is 30.6. The molecule has 4 heteroatoms. The molecular weight excluding hydrogens is 564 g/mol. The van der Waals surface area contributed by atoms with Gasteiger partial charge in [0.15, 0.2) is 12.6 Å². The van der Waals surface area contributed by atoms with E-state index in [0.29, 0.717) is 11.1 Å². The zero-order chi connectivity index (χ0) is 31.2. The van der Waals surface area contributed by atoms with Crippen LogP contribution >= 0.6 is 0 Å². The van der Waals surface area contributed by atoms with Crippen LogP contribution in [0.3, 0.4) is 0 Å². The predicted molar refractivity (Wildman–Crippen MR) is 184 cm³/mol. The Labute approximate surface area is 268 Å². The van der Waals surface area contributed by atoms with Crippen molar-refractivity contribution in [1.82, 2.24) is 0 Å². The maximum atomic E-state index is 13.0. The molecule has 0 amide bonds. The maximum Gasteiger partial charge on any atom is 0.150 e. The van der Waals surface area contributed by atoms with Crippen molar-refractivity contribution < 1.29 is 9.59 Å². The fourth-order valence-corrected chi connectivity index (χ4v) is 9.19. The summed E-state index contributed by atoms with van der Waals surface area (Å²) in [5.41, 5.74) is 12.2. The van der Waals surface area contributed by atoms with Crippen LogP contribution in [0, 0.1) is 0 Å². The second-order valence-electron chi connectivity index (χ2n) is 12.5. The lowest BCUT2D eigenvalue weighted by Gasteiger charge is -2.61. The van der Waals surface area contributed by atoms with Crippen LogP contribution in [0.4, 0.5) is 22.7 Å². The van der Waals surface area contributed by atoms with E-state index in [9.17, 15) is 9.59 Å². The Morgan fingerprint density at radius 3 is 0.978 bits per heavy atom. The molecule has 2 spiro atoms. The molecule has 0 saturated heterocycles. The SMILES string of the molecule is CN1c2ccccc2C2(c3ccccc31)c1cccc(C=O)c1-c1c(C=O)cccc1C21c2ccccc2N(C)c2ccccc21. The molecule has 4 nitrogen and oxygen atoms in total. The van der Waals surface area contributed by atoms with Gasteiger partial charge in [-0.3, -0.25) is 9.59 Å². The van der Waals surface area contributed by atoms with Crippen molar-refractivity contribution >= 4 is 35.3 Å². The van der Waals surface area contributed by atoms with Gasteiger partial charge in [0.1, 0.15) is 0 Å². The van der Waals surface area contributed by atoms with E-state index in [1.54, 1.807) is 0 Å². The number of carbonyl (C=O) groups excluding carboxylic acids is 2. The van der Waals surface area contributed by atoms with Gasteiger partial charge < -0.3 is 9.80 Å². The monoisotopic (exact) mass is 594 g/mol.